The van der Waals surface area contributed by atoms with Gasteiger partial charge in [0.2, 0.25) is 0 Å². The molecule has 0 spiro atoms. The van der Waals surface area contributed by atoms with E-state index in [1.54, 1.807) is 13.8 Å². The zero-order chi connectivity index (χ0) is 3.58. The van der Waals surface area contributed by atoms with E-state index < -0.39 is 0 Å². The summed E-state index contributed by atoms with van der Waals surface area (Å²) in [4.78, 5) is 0. The van der Waals surface area contributed by atoms with Crippen molar-refractivity contribution in [3.05, 3.63) is 0 Å². The van der Waals surface area contributed by atoms with Crippen molar-refractivity contribution >= 4 is 23.1 Å². The minimum Gasteiger partial charge on any atom is -0.394 e. The number of hydrogen-bond donors (Lipinski definition) is 1. The van der Waals surface area contributed by atoms with E-state index in [-0.39, 0.29) is 33.9 Å². The van der Waals surface area contributed by atoms with Crippen molar-refractivity contribution in [2.45, 2.75) is 20.0 Å². The Morgan fingerprint density at radius 2 is 1.33 bits per heavy atom. The van der Waals surface area contributed by atoms with Gasteiger partial charge in [0.25, 0.3) is 0 Å². The van der Waals surface area contributed by atoms with Crippen molar-refractivity contribution in [3.63, 3.8) is 0 Å². The minimum absolute atomic E-state index is 0. The van der Waals surface area contributed by atoms with Crippen molar-refractivity contribution in [1.29, 1.82) is 0 Å². The average Bonchev–Trinajstić information content (AvgIpc) is 0.811. The normalized spacial score (nSPS) is 6.00. The highest BCUT2D eigenvalue weighted by Crippen LogP contribution is 1.65. The van der Waals surface area contributed by atoms with Crippen LogP contribution in [0.3, 0.4) is 0 Å². The molecule has 0 aromatic carbocycles. The van der Waals surface area contributed by atoms with Crippen LogP contribution < -0.4 is 0 Å². The second-order valence-corrected chi connectivity index (χ2v) is 1.09. The highest BCUT2D eigenvalue weighted by Gasteiger charge is 1.69. The van der Waals surface area contributed by atoms with Crippen LogP contribution in [-0.4, -0.2) is 34.3 Å². The van der Waals surface area contributed by atoms with Crippen LogP contribution in [0.2, 0.25) is 0 Å². The summed E-state index contributed by atoms with van der Waals surface area (Å²) in [5.74, 6) is 0. The molecule has 0 aliphatic carbocycles. The summed E-state index contributed by atoms with van der Waals surface area (Å²) < 4.78 is 0. The zero-order valence-electron chi connectivity index (χ0n) is 3.43. The van der Waals surface area contributed by atoms with Gasteiger partial charge >= 0.3 is 23.1 Å². The maximum Gasteiger partial charge on any atom is 0.316 e. The molecule has 3 heteroatoms. The molecule has 0 unspecified atom stereocenters. The summed E-state index contributed by atoms with van der Waals surface area (Å²) in [6, 6.07) is 0. The lowest BCUT2D eigenvalue weighted by Gasteiger charge is -1.80. The van der Waals surface area contributed by atoms with Crippen LogP contribution in [0.1, 0.15) is 13.8 Å². The van der Waals surface area contributed by atoms with E-state index in [0.717, 1.165) is 0 Å². The van der Waals surface area contributed by atoms with Crippen molar-refractivity contribution in [2.24, 2.45) is 0 Å². The molecule has 0 rings (SSSR count). The fourth-order valence-electron chi connectivity index (χ4n) is 0. The highest BCUT2D eigenvalue weighted by atomic mass is 24.3. The maximum atomic E-state index is 8.06. The first-order chi connectivity index (χ1) is 1.73. The van der Waals surface area contributed by atoms with Crippen molar-refractivity contribution in [2.75, 3.05) is 0 Å². The number of aliphatic hydroxyl groups excluding tert-OH is 1. The van der Waals surface area contributed by atoms with Gasteiger partial charge in [0, 0.05) is 6.10 Å². The number of halogens is 1. The molecule has 38 valence electrons. The zero-order valence-corrected chi connectivity index (χ0v) is 3.43. The quantitative estimate of drug-likeness (QED) is 0.418. The van der Waals surface area contributed by atoms with Crippen LogP contribution in [-0.2, 0) is 0 Å². The third-order valence-electron chi connectivity index (χ3n) is 0. The second kappa shape index (κ2) is 9.17. The third kappa shape index (κ3) is 145. The Balaban J connectivity index is -0.0000000450. The van der Waals surface area contributed by atoms with Crippen LogP contribution in [0.15, 0.2) is 0 Å². The number of hydrogen-bond acceptors (Lipinski definition) is 1. The molecule has 0 aromatic rings. The van der Waals surface area contributed by atoms with E-state index in [1.807, 2.05) is 0 Å². The molecule has 0 bridgehead atoms. The van der Waals surface area contributed by atoms with Crippen LogP contribution in [0.25, 0.3) is 0 Å². The molecule has 0 heterocycles. The van der Waals surface area contributed by atoms with Gasteiger partial charge < -0.3 is 5.11 Å². The van der Waals surface area contributed by atoms with Gasteiger partial charge in [-0.3, -0.25) is 4.70 Å². The summed E-state index contributed by atoms with van der Waals surface area (Å²) >= 11 is 0. The molecule has 6 heavy (non-hydrogen) atoms. The summed E-state index contributed by atoms with van der Waals surface area (Å²) in [5.41, 5.74) is 0. The maximum absolute atomic E-state index is 8.06. The topological polar surface area (TPSA) is 20.2 Å². The molecule has 0 saturated heterocycles. The predicted octanol–water partition coefficient (Wildman–Crippen LogP) is -0.377. The number of rotatable bonds is 0. The van der Waals surface area contributed by atoms with Gasteiger partial charge in [0.1, 0.15) is 0 Å². The van der Waals surface area contributed by atoms with Crippen LogP contribution in [0, 0.1) is 0 Å². The Bertz CT molecular complexity index is 15.5. The van der Waals surface area contributed by atoms with Gasteiger partial charge in [0.15, 0.2) is 0 Å². The smallest absolute Gasteiger partial charge is 0.316 e. The molecule has 0 atom stereocenters. The molecule has 1 nitrogen and oxygen atoms in total. The Labute approximate surface area is 53.3 Å². The first-order valence-corrected chi connectivity index (χ1v) is 1.41. The Morgan fingerprint density at radius 1 is 1.33 bits per heavy atom. The molecule has 0 amide bonds. The molecule has 0 aromatic heterocycles. The predicted molar refractivity (Wildman–Crippen MR) is 28.4 cm³/mol. The van der Waals surface area contributed by atoms with Gasteiger partial charge in [-0.2, -0.15) is 0 Å². The third-order valence-corrected chi connectivity index (χ3v) is 0. The molecule has 0 aliphatic heterocycles. The highest BCUT2D eigenvalue weighted by molar-refractivity contribution is 5.75. The van der Waals surface area contributed by atoms with Gasteiger partial charge in [0.05, 0.1) is 0 Å². The summed E-state index contributed by atoms with van der Waals surface area (Å²) in [6.07, 6.45) is -0.167. The molecular formula is C3H11FMgO. The first kappa shape index (κ1) is 15.9. The Morgan fingerprint density at radius 3 is 1.33 bits per heavy atom. The van der Waals surface area contributed by atoms with Gasteiger partial charge in [-0.15, -0.1) is 0 Å². The van der Waals surface area contributed by atoms with Crippen molar-refractivity contribution in [3.8, 4) is 0 Å². The van der Waals surface area contributed by atoms with E-state index in [4.69, 9.17) is 5.11 Å². The largest absolute Gasteiger partial charge is 0.394 e. The molecule has 0 saturated carbocycles. The van der Waals surface area contributed by atoms with Crippen LogP contribution in [0.4, 0.5) is 4.70 Å². The Kier molecular flexibility index (Phi) is 24.4. The number of aliphatic hydroxyl groups is 1. The molecule has 0 aliphatic rings. The Hall–Kier alpha value is 0.656. The van der Waals surface area contributed by atoms with E-state index in [0.29, 0.717) is 0 Å². The van der Waals surface area contributed by atoms with E-state index in [1.165, 1.54) is 0 Å². The van der Waals surface area contributed by atoms with Gasteiger partial charge in [-0.1, -0.05) is 0 Å². The van der Waals surface area contributed by atoms with Crippen molar-refractivity contribution < 1.29 is 9.81 Å². The fraction of sp³-hybridized carbons (Fsp3) is 1.00. The monoisotopic (exact) mass is 106 g/mol. The van der Waals surface area contributed by atoms with Crippen LogP contribution in [0.5, 0.6) is 0 Å². The van der Waals surface area contributed by atoms with E-state index in [2.05, 4.69) is 0 Å². The second-order valence-electron chi connectivity index (χ2n) is 1.09. The first-order valence-electron chi connectivity index (χ1n) is 1.41. The lowest BCUT2D eigenvalue weighted by atomic mass is 10.5. The summed E-state index contributed by atoms with van der Waals surface area (Å²) in [5, 5.41) is 8.06. The molecular weight excluding hydrogens is 95.3 g/mol. The van der Waals surface area contributed by atoms with E-state index in [9.17, 15) is 0 Å². The molecule has 1 N–H and O–H groups in total. The fourth-order valence-corrected chi connectivity index (χ4v) is 0. The lowest BCUT2D eigenvalue weighted by Crippen LogP contribution is -1.85. The van der Waals surface area contributed by atoms with Crippen LogP contribution >= 0.6 is 0 Å². The SMILES string of the molecule is CC(C)O.F.[MgH2]. The summed E-state index contributed by atoms with van der Waals surface area (Å²) in [6.45, 7) is 3.44. The van der Waals surface area contributed by atoms with E-state index >= 15 is 0 Å². The average molecular weight is 106 g/mol. The lowest BCUT2D eigenvalue weighted by molar-refractivity contribution is 0.216. The minimum atomic E-state index is -0.167. The van der Waals surface area contributed by atoms with Gasteiger partial charge in [-0.05, 0) is 13.8 Å². The molecule has 0 fully saturated rings. The van der Waals surface area contributed by atoms with Gasteiger partial charge in [-0.25, -0.2) is 0 Å². The van der Waals surface area contributed by atoms with Crippen molar-refractivity contribution in [1.82, 2.24) is 0 Å². The summed E-state index contributed by atoms with van der Waals surface area (Å²) in [7, 11) is 0. The molecule has 0 radical (unpaired) electrons. The standard InChI is InChI=1S/C3H8O.FH.Mg.2H/c1-3(2)4;;;;/h3-4H,1-2H3;1H;;;.